The zero-order chi connectivity index (χ0) is 15.9. The molecule has 3 saturated carbocycles. The average molecular weight is 301 g/mol. The van der Waals surface area contributed by atoms with Gasteiger partial charge >= 0.3 is 0 Å². The summed E-state index contributed by atoms with van der Waals surface area (Å²) in [5, 5.41) is 0. The SMILES string of the molecule is C=CC(CCC12CC(C)C3C(CC=CC)C1C32)CC(C)CC. The molecule has 0 spiro atoms. The van der Waals surface area contributed by atoms with Gasteiger partial charge in [0, 0.05) is 0 Å². The Balaban J connectivity index is 1.56. The first-order valence-electron chi connectivity index (χ1n) is 9.82. The largest absolute Gasteiger partial charge is 0.103 e. The van der Waals surface area contributed by atoms with Gasteiger partial charge in [0.25, 0.3) is 0 Å². The highest BCUT2D eigenvalue weighted by Gasteiger charge is 2.81. The van der Waals surface area contributed by atoms with E-state index in [1.165, 1.54) is 38.5 Å². The van der Waals surface area contributed by atoms with Crippen LogP contribution in [0.15, 0.2) is 24.8 Å². The summed E-state index contributed by atoms with van der Waals surface area (Å²) in [6, 6.07) is 0. The van der Waals surface area contributed by atoms with Crippen LogP contribution in [-0.2, 0) is 0 Å². The van der Waals surface area contributed by atoms with Crippen molar-refractivity contribution in [2.45, 2.75) is 66.2 Å². The molecule has 0 nitrogen and oxygen atoms in total. The van der Waals surface area contributed by atoms with Crippen LogP contribution in [-0.4, -0.2) is 0 Å². The summed E-state index contributed by atoms with van der Waals surface area (Å²) in [4.78, 5) is 0. The highest BCUT2D eigenvalue weighted by atomic mass is 14.9. The first-order valence-corrected chi connectivity index (χ1v) is 9.82. The molecule has 0 aromatic rings. The van der Waals surface area contributed by atoms with E-state index in [1.54, 1.807) is 0 Å². The Bertz CT molecular complexity index is 433. The van der Waals surface area contributed by atoms with E-state index in [1.807, 2.05) is 0 Å². The smallest absolute Gasteiger partial charge is 0.0226 e. The zero-order valence-corrected chi connectivity index (χ0v) is 15.2. The lowest BCUT2D eigenvalue weighted by Crippen LogP contribution is -2.35. The van der Waals surface area contributed by atoms with Gasteiger partial charge in [0.2, 0.25) is 0 Å². The Kier molecular flexibility index (Phi) is 4.59. The van der Waals surface area contributed by atoms with Crippen molar-refractivity contribution in [3.05, 3.63) is 24.8 Å². The van der Waals surface area contributed by atoms with Crippen molar-refractivity contribution in [1.29, 1.82) is 0 Å². The molecule has 0 aliphatic heterocycles. The average Bonchev–Trinajstić information content (AvgIpc) is 2.94. The Hall–Kier alpha value is -0.520. The molecule has 0 aromatic carbocycles. The molecule has 124 valence electrons. The third-order valence-corrected chi connectivity index (χ3v) is 7.69. The molecule has 22 heavy (non-hydrogen) atoms. The predicted octanol–water partition coefficient (Wildman–Crippen LogP) is 6.49. The molecule has 0 bridgehead atoms. The summed E-state index contributed by atoms with van der Waals surface area (Å²) < 4.78 is 0. The molecule has 0 aromatic heterocycles. The van der Waals surface area contributed by atoms with Crippen molar-refractivity contribution in [3.63, 3.8) is 0 Å². The van der Waals surface area contributed by atoms with Crippen molar-refractivity contribution >= 4 is 0 Å². The molecular formula is C22H36. The Morgan fingerprint density at radius 3 is 2.73 bits per heavy atom. The highest BCUT2D eigenvalue weighted by molar-refractivity contribution is 5.29. The highest BCUT2D eigenvalue weighted by Crippen LogP contribution is 2.86. The van der Waals surface area contributed by atoms with Gasteiger partial charge in [-0.25, -0.2) is 0 Å². The van der Waals surface area contributed by atoms with Gasteiger partial charge in [0.05, 0.1) is 0 Å². The normalized spacial score (nSPS) is 44.5. The summed E-state index contributed by atoms with van der Waals surface area (Å²) in [6.07, 6.45) is 15.4. The lowest BCUT2D eigenvalue weighted by atomic mass is 9.64. The molecule has 0 amide bonds. The minimum atomic E-state index is 0.757. The van der Waals surface area contributed by atoms with Crippen LogP contribution in [0.4, 0.5) is 0 Å². The lowest BCUT2D eigenvalue weighted by Gasteiger charge is -2.41. The van der Waals surface area contributed by atoms with Gasteiger partial charge in [-0.3, -0.25) is 0 Å². The minimum Gasteiger partial charge on any atom is -0.103 e. The van der Waals surface area contributed by atoms with Crippen molar-refractivity contribution < 1.29 is 0 Å². The van der Waals surface area contributed by atoms with Crippen LogP contribution in [0.2, 0.25) is 0 Å². The fourth-order valence-corrected chi connectivity index (χ4v) is 6.52. The van der Waals surface area contributed by atoms with Crippen LogP contribution in [0, 0.1) is 46.8 Å². The zero-order valence-electron chi connectivity index (χ0n) is 15.2. The van der Waals surface area contributed by atoms with Crippen LogP contribution in [0.5, 0.6) is 0 Å². The molecule has 0 radical (unpaired) electrons. The van der Waals surface area contributed by atoms with E-state index >= 15 is 0 Å². The van der Waals surface area contributed by atoms with Crippen molar-refractivity contribution in [2.24, 2.45) is 46.8 Å². The summed E-state index contributed by atoms with van der Waals surface area (Å²) in [6.45, 7) is 13.5. The Labute approximate surface area is 138 Å². The maximum absolute atomic E-state index is 4.12. The van der Waals surface area contributed by atoms with E-state index in [0.717, 1.165) is 46.8 Å². The molecular weight excluding hydrogens is 264 g/mol. The van der Waals surface area contributed by atoms with Crippen LogP contribution in [0.3, 0.4) is 0 Å². The molecule has 0 heteroatoms. The van der Waals surface area contributed by atoms with Crippen molar-refractivity contribution in [1.82, 2.24) is 0 Å². The number of allylic oxidation sites excluding steroid dienone is 3. The Morgan fingerprint density at radius 1 is 1.32 bits per heavy atom. The third-order valence-electron chi connectivity index (χ3n) is 7.69. The topological polar surface area (TPSA) is 0 Å². The van der Waals surface area contributed by atoms with Crippen LogP contribution < -0.4 is 0 Å². The number of hydrogen-bond donors (Lipinski definition) is 0. The van der Waals surface area contributed by atoms with E-state index in [0.29, 0.717) is 0 Å². The van der Waals surface area contributed by atoms with Gasteiger partial charge in [-0.05, 0) is 85.9 Å². The fraction of sp³-hybridized carbons (Fsp3) is 0.818. The van der Waals surface area contributed by atoms with Gasteiger partial charge < -0.3 is 0 Å². The van der Waals surface area contributed by atoms with E-state index < -0.39 is 0 Å². The van der Waals surface area contributed by atoms with Crippen molar-refractivity contribution in [2.75, 3.05) is 0 Å². The minimum absolute atomic E-state index is 0.757. The maximum atomic E-state index is 4.12. The van der Waals surface area contributed by atoms with Crippen molar-refractivity contribution in [3.8, 4) is 0 Å². The Morgan fingerprint density at radius 2 is 2.09 bits per heavy atom. The molecule has 0 heterocycles. The van der Waals surface area contributed by atoms with Gasteiger partial charge in [-0.15, -0.1) is 6.58 Å². The van der Waals surface area contributed by atoms with E-state index in [4.69, 9.17) is 0 Å². The fourth-order valence-electron chi connectivity index (χ4n) is 6.52. The standard InChI is InChI=1S/C22H36/c1-6-9-10-18-19-16(5)14-22(20(18)21(19)22)12-11-17(8-3)13-15(4)7-2/h6,8-9,15-21H,3,7,10-14H2,1-2,4-5H3. The summed E-state index contributed by atoms with van der Waals surface area (Å²) in [5.41, 5.74) is 0.771. The molecule has 0 saturated heterocycles. The van der Waals surface area contributed by atoms with Crippen LogP contribution in [0.1, 0.15) is 66.2 Å². The summed E-state index contributed by atoms with van der Waals surface area (Å²) >= 11 is 0. The second kappa shape index (κ2) is 6.17. The molecule has 3 aliphatic carbocycles. The van der Waals surface area contributed by atoms with Gasteiger partial charge in [-0.2, -0.15) is 0 Å². The second-order valence-electron chi connectivity index (χ2n) is 8.80. The summed E-state index contributed by atoms with van der Waals surface area (Å²) in [7, 11) is 0. The first kappa shape index (κ1) is 16.3. The number of rotatable bonds is 9. The molecule has 0 N–H and O–H groups in total. The van der Waals surface area contributed by atoms with Gasteiger partial charge in [0.15, 0.2) is 0 Å². The quantitative estimate of drug-likeness (QED) is 0.427. The molecule has 3 rings (SSSR count). The van der Waals surface area contributed by atoms with Crippen LogP contribution in [0.25, 0.3) is 0 Å². The lowest BCUT2D eigenvalue weighted by molar-refractivity contribution is 0.0802. The predicted molar refractivity (Wildman–Crippen MR) is 96.6 cm³/mol. The number of fused-ring (bicyclic) bond motifs is 1. The molecule has 8 unspecified atom stereocenters. The van der Waals surface area contributed by atoms with Gasteiger partial charge in [-0.1, -0.05) is 45.4 Å². The molecule has 3 aliphatic rings. The van der Waals surface area contributed by atoms with E-state index in [9.17, 15) is 0 Å². The molecule has 3 fully saturated rings. The van der Waals surface area contributed by atoms with E-state index in [2.05, 4.69) is 52.5 Å². The maximum Gasteiger partial charge on any atom is -0.0226 e. The second-order valence-corrected chi connectivity index (χ2v) is 8.80. The van der Waals surface area contributed by atoms with E-state index in [-0.39, 0.29) is 0 Å². The van der Waals surface area contributed by atoms with Gasteiger partial charge in [0.1, 0.15) is 0 Å². The monoisotopic (exact) mass is 300 g/mol. The number of hydrogen-bond acceptors (Lipinski definition) is 0. The third kappa shape index (κ3) is 2.42. The molecule has 8 atom stereocenters. The van der Waals surface area contributed by atoms with Crippen LogP contribution >= 0.6 is 0 Å². The summed E-state index contributed by atoms with van der Waals surface area (Å²) in [5.74, 6) is 6.91. The first-order chi connectivity index (χ1) is 10.6.